The van der Waals surface area contributed by atoms with Crippen molar-refractivity contribution in [3.8, 4) is 24.2 Å². The minimum absolute atomic E-state index is 0.131. The fourth-order valence-corrected chi connectivity index (χ4v) is 10.7. The minimum Gasteiger partial charge on any atom is -0.407 e. The third-order valence-corrected chi connectivity index (χ3v) is 13.5. The van der Waals surface area contributed by atoms with Crippen molar-refractivity contribution in [1.82, 2.24) is 4.31 Å². The molecule has 39 heavy (non-hydrogen) atoms. The number of terminal acetylenes is 1. The lowest BCUT2D eigenvalue weighted by molar-refractivity contribution is 0.262. The number of hydrogen-bond acceptors (Lipinski definition) is 2. The molecule has 0 spiro atoms. The van der Waals surface area contributed by atoms with E-state index in [1.165, 1.54) is 10.4 Å². The van der Waals surface area contributed by atoms with Gasteiger partial charge in [-0.05, 0) is 54.7 Å². The fourth-order valence-electron chi connectivity index (χ4n) is 4.79. The Bertz CT molecular complexity index is 1270. The molecule has 0 aliphatic rings. The van der Waals surface area contributed by atoms with E-state index in [1.54, 1.807) is 0 Å². The van der Waals surface area contributed by atoms with E-state index in [9.17, 15) is 4.21 Å². The molecule has 204 valence electrons. The van der Waals surface area contributed by atoms with Gasteiger partial charge in [0.1, 0.15) is 11.0 Å². The standard InChI is InChI=1S/C34H41NO2SSi/c1-8-27-35(38(36)33(2,3)4)30(25-24-29-18-12-9-13-19-29)26-28-37-39(34(5,6)7,31-20-14-10-15-21-31)32-22-16-11-17-23-32/h1,9-23,30H,26-28H2,2-7H3/t30-,38+/m0/s1. The van der Waals surface area contributed by atoms with E-state index in [0.29, 0.717) is 13.0 Å². The van der Waals surface area contributed by atoms with Crippen molar-refractivity contribution in [3.05, 3.63) is 96.6 Å². The van der Waals surface area contributed by atoms with Crippen LogP contribution < -0.4 is 10.4 Å². The number of benzene rings is 3. The highest BCUT2D eigenvalue weighted by molar-refractivity contribution is 7.84. The summed E-state index contributed by atoms with van der Waals surface area (Å²) in [5.41, 5.74) is 0.914. The van der Waals surface area contributed by atoms with Gasteiger partial charge in [0.2, 0.25) is 0 Å². The Morgan fingerprint density at radius 2 is 1.33 bits per heavy atom. The van der Waals surface area contributed by atoms with E-state index in [-0.39, 0.29) is 17.6 Å². The lowest BCUT2D eigenvalue weighted by Gasteiger charge is -2.43. The summed E-state index contributed by atoms with van der Waals surface area (Å²) >= 11 is 0. The maximum absolute atomic E-state index is 13.6. The Labute approximate surface area is 239 Å². The van der Waals surface area contributed by atoms with Crippen molar-refractivity contribution in [2.75, 3.05) is 13.2 Å². The molecule has 0 N–H and O–H groups in total. The van der Waals surface area contributed by atoms with Crippen LogP contribution in [0, 0.1) is 24.2 Å². The smallest absolute Gasteiger partial charge is 0.261 e. The largest absolute Gasteiger partial charge is 0.407 e. The van der Waals surface area contributed by atoms with Crippen LogP contribution in [0.25, 0.3) is 0 Å². The molecule has 3 aromatic carbocycles. The molecule has 0 aliphatic heterocycles. The molecule has 0 saturated carbocycles. The van der Waals surface area contributed by atoms with Crippen molar-refractivity contribution in [3.63, 3.8) is 0 Å². The van der Waals surface area contributed by atoms with E-state index in [1.807, 2.05) is 67.5 Å². The highest BCUT2D eigenvalue weighted by Gasteiger charge is 2.50. The summed E-state index contributed by atoms with van der Waals surface area (Å²) in [6.07, 6.45) is 6.34. The Kier molecular flexibility index (Phi) is 10.5. The molecule has 0 bridgehead atoms. The second-order valence-electron chi connectivity index (χ2n) is 11.6. The number of nitrogens with zero attached hydrogens (tertiary/aromatic N) is 1. The van der Waals surface area contributed by atoms with E-state index >= 15 is 0 Å². The maximum Gasteiger partial charge on any atom is 0.261 e. The van der Waals surface area contributed by atoms with Crippen LogP contribution in [0.15, 0.2) is 91.0 Å². The topological polar surface area (TPSA) is 29.5 Å². The van der Waals surface area contributed by atoms with E-state index in [2.05, 4.69) is 87.1 Å². The van der Waals surface area contributed by atoms with E-state index in [0.717, 1.165) is 5.56 Å². The van der Waals surface area contributed by atoms with Gasteiger partial charge in [-0.25, -0.2) is 4.21 Å². The van der Waals surface area contributed by atoms with Crippen LogP contribution in [0.2, 0.25) is 5.04 Å². The molecule has 3 nitrogen and oxygen atoms in total. The molecule has 2 atom stereocenters. The van der Waals surface area contributed by atoms with Gasteiger partial charge in [-0.2, -0.15) is 4.31 Å². The predicted molar refractivity (Wildman–Crippen MR) is 169 cm³/mol. The zero-order chi connectivity index (χ0) is 28.5. The Morgan fingerprint density at radius 3 is 1.77 bits per heavy atom. The van der Waals surface area contributed by atoms with Crippen LogP contribution in [0.5, 0.6) is 0 Å². The van der Waals surface area contributed by atoms with Crippen LogP contribution in [-0.2, 0) is 15.4 Å². The average Bonchev–Trinajstić information content (AvgIpc) is 2.91. The lowest BCUT2D eigenvalue weighted by atomic mass is 10.1. The average molecular weight is 556 g/mol. The molecule has 0 amide bonds. The summed E-state index contributed by atoms with van der Waals surface area (Å²) in [6, 6.07) is 30.7. The highest BCUT2D eigenvalue weighted by Crippen LogP contribution is 2.37. The van der Waals surface area contributed by atoms with Gasteiger partial charge in [0.25, 0.3) is 8.32 Å². The summed E-state index contributed by atoms with van der Waals surface area (Å²) in [5, 5.41) is 2.33. The third kappa shape index (κ3) is 7.59. The molecule has 5 heteroatoms. The second-order valence-corrected chi connectivity index (χ2v) is 18.1. The Balaban J connectivity index is 2.02. The maximum atomic E-state index is 13.6. The van der Waals surface area contributed by atoms with Crippen molar-refractivity contribution >= 4 is 29.7 Å². The van der Waals surface area contributed by atoms with Gasteiger partial charge in [0, 0.05) is 12.2 Å². The molecular weight excluding hydrogens is 515 g/mol. The quantitative estimate of drug-likeness (QED) is 0.248. The zero-order valence-corrected chi connectivity index (χ0v) is 25.9. The zero-order valence-electron chi connectivity index (χ0n) is 24.1. The highest BCUT2D eigenvalue weighted by atomic mass is 32.2. The van der Waals surface area contributed by atoms with Gasteiger partial charge in [0.15, 0.2) is 0 Å². The predicted octanol–water partition coefficient (Wildman–Crippen LogP) is 5.77. The fraction of sp³-hybridized carbons (Fsp3) is 0.353. The SMILES string of the molecule is C#CCN([C@@H](C#Cc1ccccc1)CCO[Si](c1ccccc1)(c1ccccc1)C(C)(C)C)[S@](=O)C(C)(C)C. The molecule has 0 heterocycles. The first kappa shape index (κ1) is 30.6. The number of hydrogen-bond donors (Lipinski definition) is 0. The summed E-state index contributed by atoms with van der Waals surface area (Å²) in [6.45, 7) is 13.4. The summed E-state index contributed by atoms with van der Waals surface area (Å²) in [4.78, 5) is 0. The van der Waals surface area contributed by atoms with Crippen LogP contribution in [-0.4, -0.2) is 40.8 Å². The molecule has 0 radical (unpaired) electrons. The Hall–Kier alpha value is -2.93. The normalized spacial score (nSPS) is 13.7. The third-order valence-electron chi connectivity index (χ3n) is 6.62. The van der Waals surface area contributed by atoms with Gasteiger partial charge in [-0.3, -0.25) is 0 Å². The van der Waals surface area contributed by atoms with Gasteiger partial charge in [-0.1, -0.05) is 117 Å². The summed E-state index contributed by atoms with van der Waals surface area (Å²) < 4.78 is 22.1. The first-order valence-electron chi connectivity index (χ1n) is 13.4. The van der Waals surface area contributed by atoms with Gasteiger partial charge in [0.05, 0.1) is 17.3 Å². The lowest BCUT2D eigenvalue weighted by Crippen LogP contribution is -2.66. The molecule has 0 unspecified atom stereocenters. The van der Waals surface area contributed by atoms with Gasteiger partial charge >= 0.3 is 0 Å². The Morgan fingerprint density at radius 1 is 0.846 bits per heavy atom. The number of rotatable bonds is 9. The van der Waals surface area contributed by atoms with Crippen LogP contribution in [0.4, 0.5) is 0 Å². The van der Waals surface area contributed by atoms with Gasteiger partial charge in [-0.15, -0.1) is 6.42 Å². The summed E-state index contributed by atoms with van der Waals surface area (Å²) in [5.74, 6) is 9.41. The van der Waals surface area contributed by atoms with Crippen molar-refractivity contribution < 1.29 is 8.63 Å². The first-order valence-corrected chi connectivity index (χ1v) is 16.5. The molecule has 3 rings (SSSR count). The van der Waals surface area contributed by atoms with E-state index < -0.39 is 24.1 Å². The second kappa shape index (κ2) is 13.4. The van der Waals surface area contributed by atoms with Gasteiger partial charge < -0.3 is 4.43 Å². The molecular formula is C34H41NO2SSi. The first-order chi connectivity index (χ1) is 18.5. The molecule has 0 aromatic heterocycles. The van der Waals surface area contributed by atoms with Crippen LogP contribution in [0.1, 0.15) is 53.5 Å². The van der Waals surface area contributed by atoms with Crippen LogP contribution in [0.3, 0.4) is 0 Å². The van der Waals surface area contributed by atoms with Crippen molar-refractivity contribution in [2.45, 2.75) is 63.8 Å². The summed E-state index contributed by atoms with van der Waals surface area (Å²) in [7, 11) is -4.04. The molecule has 0 saturated heterocycles. The van der Waals surface area contributed by atoms with Crippen LogP contribution >= 0.6 is 0 Å². The van der Waals surface area contributed by atoms with Crippen molar-refractivity contribution in [1.29, 1.82) is 0 Å². The molecule has 3 aromatic rings. The minimum atomic E-state index is -2.70. The molecule has 0 aliphatic carbocycles. The van der Waals surface area contributed by atoms with Crippen molar-refractivity contribution in [2.24, 2.45) is 0 Å². The van der Waals surface area contributed by atoms with E-state index in [4.69, 9.17) is 10.8 Å². The molecule has 0 fully saturated rings. The monoisotopic (exact) mass is 555 g/mol.